The lowest BCUT2D eigenvalue weighted by atomic mass is 10.1. The van der Waals surface area contributed by atoms with Gasteiger partial charge in [0, 0.05) is 5.56 Å². The van der Waals surface area contributed by atoms with E-state index >= 15 is 0 Å². The minimum atomic E-state index is -0.342. The number of ether oxygens (including phenoxy) is 1. The molecule has 6 heteroatoms. The van der Waals surface area contributed by atoms with Gasteiger partial charge in [0.25, 0.3) is 0 Å². The first kappa shape index (κ1) is 14.8. The van der Waals surface area contributed by atoms with Crippen LogP contribution in [0.15, 0.2) is 24.3 Å². The highest BCUT2D eigenvalue weighted by Crippen LogP contribution is 2.25. The van der Waals surface area contributed by atoms with Crippen molar-refractivity contribution in [3.05, 3.63) is 39.9 Å². The Kier molecular flexibility index (Phi) is 5.98. The van der Waals surface area contributed by atoms with Crippen molar-refractivity contribution < 1.29 is 14.4 Å². The van der Waals surface area contributed by atoms with Crippen molar-refractivity contribution in [1.29, 1.82) is 0 Å². The predicted octanol–water partition coefficient (Wildman–Crippen LogP) is 3.05. The number of methoxy groups -OCH3 is 1. The summed E-state index contributed by atoms with van der Waals surface area (Å²) in [5.41, 5.74) is 4.05. The molecule has 0 fully saturated rings. The molecule has 1 N–H and O–H groups in total. The van der Waals surface area contributed by atoms with Crippen molar-refractivity contribution >= 4 is 34.9 Å². The summed E-state index contributed by atoms with van der Waals surface area (Å²) in [7, 11) is 2.81. The highest BCUT2D eigenvalue weighted by molar-refractivity contribution is 6.42. The maximum absolute atomic E-state index is 11.1. The van der Waals surface area contributed by atoms with Gasteiger partial charge < -0.3 is 4.74 Å². The molecule has 98 valence electrons. The van der Waals surface area contributed by atoms with Crippen LogP contribution in [0.4, 0.5) is 0 Å². The van der Waals surface area contributed by atoms with Gasteiger partial charge in [0.05, 0.1) is 36.4 Å². The van der Waals surface area contributed by atoms with Crippen LogP contribution in [-0.2, 0) is 14.4 Å². The monoisotopic (exact) mass is 289 g/mol. The molecule has 0 aromatic heterocycles. The molecule has 18 heavy (non-hydrogen) atoms. The van der Waals surface area contributed by atoms with Gasteiger partial charge in [-0.15, -0.1) is 0 Å². The standard InChI is InChI=1S/C12H13Cl2NO3/c1-17-12(16)6-5-11(15-18-2)8-3-4-9(13)10(14)7-8/h3-5,7,15H,6H2,1-2H3/b11-5-. The van der Waals surface area contributed by atoms with Crippen LogP contribution in [0.2, 0.25) is 10.0 Å². The van der Waals surface area contributed by atoms with E-state index in [0.29, 0.717) is 15.7 Å². The number of halogens is 2. The molecule has 0 amide bonds. The van der Waals surface area contributed by atoms with E-state index in [4.69, 9.17) is 28.0 Å². The Labute approximate surface area is 115 Å². The van der Waals surface area contributed by atoms with Crippen molar-refractivity contribution in [2.45, 2.75) is 6.42 Å². The minimum absolute atomic E-state index is 0.127. The van der Waals surface area contributed by atoms with Crippen LogP contribution in [0.25, 0.3) is 5.70 Å². The second-order valence-corrected chi connectivity index (χ2v) is 4.15. The number of hydroxylamine groups is 1. The molecule has 0 saturated carbocycles. The first-order valence-corrected chi connectivity index (χ1v) is 5.85. The molecule has 0 aliphatic heterocycles. The molecule has 4 nitrogen and oxygen atoms in total. The zero-order chi connectivity index (χ0) is 13.5. The summed E-state index contributed by atoms with van der Waals surface area (Å²) >= 11 is 11.8. The summed E-state index contributed by atoms with van der Waals surface area (Å²) in [4.78, 5) is 15.9. The van der Waals surface area contributed by atoms with Gasteiger partial charge in [0.15, 0.2) is 0 Å². The molecule has 0 radical (unpaired) electrons. The molecule has 0 aliphatic carbocycles. The van der Waals surface area contributed by atoms with E-state index in [1.54, 1.807) is 24.3 Å². The van der Waals surface area contributed by atoms with Crippen LogP contribution < -0.4 is 5.48 Å². The van der Waals surface area contributed by atoms with Crippen LogP contribution in [0.3, 0.4) is 0 Å². The van der Waals surface area contributed by atoms with Gasteiger partial charge in [-0.1, -0.05) is 29.3 Å². The summed E-state index contributed by atoms with van der Waals surface area (Å²) in [6.45, 7) is 0. The summed E-state index contributed by atoms with van der Waals surface area (Å²) in [5, 5.41) is 0.890. The van der Waals surface area contributed by atoms with Crippen LogP contribution in [0, 0.1) is 0 Å². The molecular formula is C12H13Cl2NO3. The lowest BCUT2D eigenvalue weighted by Crippen LogP contribution is -2.11. The topological polar surface area (TPSA) is 47.6 Å². The van der Waals surface area contributed by atoms with E-state index in [9.17, 15) is 4.79 Å². The molecule has 0 saturated heterocycles. The summed E-state index contributed by atoms with van der Waals surface area (Å²) in [5.74, 6) is -0.342. The number of hydrogen-bond acceptors (Lipinski definition) is 4. The molecule has 1 aromatic carbocycles. The quantitative estimate of drug-likeness (QED) is 0.669. The summed E-state index contributed by atoms with van der Waals surface area (Å²) in [6, 6.07) is 5.12. The van der Waals surface area contributed by atoms with Crippen molar-refractivity contribution in [2.75, 3.05) is 14.2 Å². The number of carbonyl (C=O) groups excluding carboxylic acids is 1. The lowest BCUT2D eigenvalue weighted by Gasteiger charge is -2.10. The number of carbonyl (C=O) groups is 1. The molecule has 1 rings (SSSR count). The maximum Gasteiger partial charge on any atom is 0.309 e. The zero-order valence-corrected chi connectivity index (χ0v) is 11.5. The average molecular weight is 290 g/mol. The molecule has 0 bridgehead atoms. The first-order valence-electron chi connectivity index (χ1n) is 5.10. The third-order valence-electron chi connectivity index (χ3n) is 2.14. The molecule has 0 spiro atoms. The molecule has 0 heterocycles. The molecule has 1 aromatic rings. The van der Waals surface area contributed by atoms with Crippen LogP contribution in [-0.4, -0.2) is 20.2 Å². The van der Waals surface area contributed by atoms with Crippen LogP contribution >= 0.6 is 23.2 Å². The second kappa shape index (κ2) is 7.26. The van der Waals surface area contributed by atoms with E-state index in [0.717, 1.165) is 5.56 Å². The third kappa shape index (κ3) is 4.22. The number of esters is 1. The van der Waals surface area contributed by atoms with Gasteiger partial charge in [-0.2, -0.15) is 0 Å². The number of nitrogens with one attached hydrogen (secondary N) is 1. The minimum Gasteiger partial charge on any atom is -0.469 e. The second-order valence-electron chi connectivity index (χ2n) is 3.33. The molecule has 0 unspecified atom stereocenters. The largest absolute Gasteiger partial charge is 0.469 e. The maximum atomic E-state index is 11.1. The molecule has 0 atom stereocenters. The van der Waals surface area contributed by atoms with E-state index in [1.165, 1.54) is 14.2 Å². The molecular weight excluding hydrogens is 277 g/mol. The van der Waals surface area contributed by atoms with Crippen molar-refractivity contribution in [2.24, 2.45) is 0 Å². The van der Waals surface area contributed by atoms with Crippen LogP contribution in [0.1, 0.15) is 12.0 Å². The van der Waals surface area contributed by atoms with E-state index in [2.05, 4.69) is 10.2 Å². The Morgan fingerprint density at radius 2 is 2.06 bits per heavy atom. The Hall–Kier alpha value is -1.23. The predicted molar refractivity (Wildman–Crippen MR) is 71.2 cm³/mol. The van der Waals surface area contributed by atoms with Gasteiger partial charge >= 0.3 is 5.97 Å². The van der Waals surface area contributed by atoms with E-state index in [-0.39, 0.29) is 12.4 Å². The van der Waals surface area contributed by atoms with Gasteiger partial charge in [0.2, 0.25) is 0 Å². The number of benzene rings is 1. The number of hydrogen-bond donors (Lipinski definition) is 1. The Morgan fingerprint density at radius 3 is 2.61 bits per heavy atom. The SMILES string of the molecule is CON/C(=C\CC(=O)OC)c1ccc(Cl)c(Cl)c1. The smallest absolute Gasteiger partial charge is 0.309 e. The zero-order valence-electron chi connectivity index (χ0n) is 10.00. The van der Waals surface area contributed by atoms with Crippen molar-refractivity contribution in [1.82, 2.24) is 5.48 Å². The van der Waals surface area contributed by atoms with Gasteiger partial charge in [-0.3, -0.25) is 15.1 Å². The average Bonchev–Trinajstić information content (AvgIpc) is 2.37. The Bertz CT molecular complexity index is 461. The highest BCUT2D eigenvalue weighted by Gasteiger charge is 2.06. The summed E-state index contributed by atoms with van der Waals surface area (Å²) < 4.78 is 4.56. The third-order valence-corrected chi connectivity index (χ3v) is 2.88. The first-order chi connectivity index (χ1) is 8.58. The Balaban J connectivity index is 2.96. The molecule has 0 aliphatic rings. The summed E-state index contributed by atoms with van der Waals surface area (Å²) in [6.07, 6.45) is 1.78. The van der Waals surface area contributed by atoms with Gasteiger partial charge in [-0.25, -0.2) is 0 Å². The fourth-order valence-corrected chi connectivity index (χ4v) is 1.56. The van der Waals surface area contributed by atoms with E-state index < -0.39 is 0 Å². The van der Waals surface area contributed by atoms with Gasteiger partial charge in [0.1, 0.15) is 0 Å². The normalized spacial score (nSPS) is 11.2. The van der Waals surface area contributed by atoms with Crippen LogP contribution in [0.5, 0.6) is 0 Å². The Morgan fingerprint density at radius 1 is 1.33 bits per heavy atom. The highest BCUT2D eigenvalue weighted by atomic mass is 35.5. The fourth-order valence-electron chi connectivity index (χ4n) is 1.26. The fraction of sp³-hybridized carbons (Fsp3) is 0.250. The van der Waals surface area contributed by atoms with Gasteiger partial charge in [-0.05, 0) is 18.2 Å². The lowest BCUT2D eigenvalue weighted by molar-refractivity contribution is -0.139. The number of rotatable bonds is 5. The van der Waals surface area contributed by atoms with Crippen molar-refractivity contribution in [3.63, 3.8) is 0 Å². The van der Waals surface area contributed by atoms with E-state index in [1.807, 2.05) is 0 Å². The van der Waals surface area contributed by atoms with Crippen molar-refractivity contribution in [3.8, 4) is 0 Å².